The number of rotatable bonds is 4. The zero-order valence-corrected chi connectivity index (χ0v) is 13.8. The van der Waals surface area contributed by atoms with Gasteiger partial charge in [0.05, 0.1) is 22.9 Å². The lowest BCUT2D eigenvalue weighted by atomic mass is 10.1. The third kappa shape index (κ3) is 2.73. The molecule has 1 amide bonds. The van der Waals surface area contributed by atoms with E-state index in [2.05, 4.69) is 25.8 Å². The van der Waals surface area contributed by atoms with Crippen molar-refractivity contribution >= 4 is 50.7 Å². The number of aromatic carboxylic acids is 1. The summed E-state index contributed by atoms with van der Waals surface area (Å²) in [5.74, 6) is -1.26. The molecule has 4 aromatic rings. The number of benzene rings is 2. The normalized spacial score (nSPS) is 11.0. The van der Waals surface area contributed by atoms with Crippen molar-refractivity contribution in [1.29, 1.82) is 0 Å². The standard InChI is InChI=1S/C18H15N5O3/c1-9(24)20-10-5-15(11-7-17(18(25)26)22-16(11)6-10)21-13-3-2-4-14-12(13)8-19-23-14/h2-8,21-22H,1H3,(H,19,23)(H,20,24)(H,25,26). The molecule has 0 aliphatic carbocycles. The first kappa shape index (κ1) is 15.7. The summed E-state index contributed by atoms with van der Waals surface area (Å²) in [6, 6.07) is 10.7. The van der Waals surface area contributed by atoms with Crippen molar-refractivity contribution in [2.75, 3.05) is 10.6 Å². The fourth-order valence-electron chi connectivity index (χ4n) is 2.95. The highest BCUT2D eigenvalue weighted by molar-refractivity contribution is 6.05. The van der Waals surface area contributed by atoms with Crippen molar-refractivity contribution in [3.05, 3.63) is 48.3 Å². The SMILES string of the molecule is CC(=O)Nc1cc(Nc2cccc3[nH]ncc23)c2cc(C(=O)O)[nH]c2c1. The summed E-state index contributed by atoms with van der Waals surface area (Å²) in [5.41, 5.74) is 3.61. The predicted octanol–water partition coefficient (Wildman–Crippen LogP) is 3.44. The zero-order valence-electron chi connectivity index (χ0n) is 13.8. The predicted molar refractivity (Wildman–Crippen MR) is 98.9 cm³/mol. The molecule has 0 radical (unpaired) electrons. The average molecular weight is 349 g/mol. The van der Waals surface area contributed by atoms with E-state index in [4.69, 9.17) is 0 Å². The van der Waals surface area contributed by atoms with Gasteiger partial charge in [0.1, 0.15) is 5.69 Å². The molecule has 130 valence electrons. The van der Waals surface area contributed by atoms with Crippen LogP contribution in [0.15, 0.2) is 42.6 Å². The fraction of sp³-hybridized carbons (Fsp3) is 0.0556. The maximum absolute atomic E-state index is 11.4. The number of H-pyrrole nitrogens is 2. The molecule has 0 atom stereocenters. The Labute approximate surface area is 147 Å². The number of aromatic nitrogens is 3. The average Bonchev–Trinajstić information content (AvgIpc) is 3.21. The molecule has 0 fully saturated rings. The van der Waals surface area contributed by atoms with Crippen LogP contribution in [0.3, 0.4) is 0 Å². The van der Waals surface area contributed by atoms with Crippen LogP contribution in [0.5, 0.6) is 0 Å². The van der Waals surface area contributed by atoms with Gasteiger partial charge in [-0.25, -0.2) is 4.79 Å². The van der Waals surface area contributed by atoms with Crippen LogP contribution in [0.4, 0.5) is 17.1 Å². The Morgan fingerprint density at radius 1 is 1.08 bits per heavy atom. The second-order valence-electron chi connectivity index (χ2n) is 5.92. The molecular weight excluding hydrogens is 334 g/mol. The molecule has 26 heavy (non-hydrogen) atoms. The highest BCUT2D eigenvalue weighted by Gasteiger charge is 2.13. The minimum Gasteiger partial charge on any atom is -0.477 e. The van der Waals surface area contributed by atoms with E-state index in [1.54, 1.807) is 24.4 Å². The summed E-state index contributed by atoms with van der Waals surface area (Å²) >= 11 is 0. The van der Waals surface area contributed by atoms with Gasteiger partial charge in [0.2, 0.25) is 5.91 Å². The molecule has 8 heteroatoms. The quantitative estimate of drug-likeness (QED) is 0.386. The topological polar surface area (TPSA) is 123 Å². The van der Waals surface area contributed by atoms with Gasteiger partial charge in [0.25, 0.3) is 0 Å². The second-order valence-corrected chi connectivity index (χ2v) is 5.92. The lowest BCUT2D eigenvalue weighted by Crippen LogP contribution is -2.06. The monoisotopic (exact) mass is 349 g/mol. The molecule has 8 nitrogen and oxygen atoms in total. The summed E-state index contributed by atoms with van der Waals surface area (Å²) in [6.07, 6.45) is 1.71. The number of hydrogen-bond acceptors (Lipinski definition) is 4. The molecule has 0 spiro atoms. The molecule has 2 heterocycles. The van der Waals surface area contributed by atoms with Crippen molar-refractivity contribution in [3.63, 3.8) is 0 Å². The first-order valence-electron chi connectivity index (χ1n) is 7.88. The first-order valence-corrected chi connectivity index (χ1v) is 7.88. The number of anilines is 3. The van der Waals surface area contributed by atoms with E-state index in [0.717, 1.165) is 16.6 Å². The summed E-state index contributed by atoms with van der Waals surface area (Å²) in [4.78, 5) is 25.6. The van der Waals surface area contributed by atoms with Crippen LogP contribution >= 0.6 is 0 Å². The molecule has 0 aliphatic heterocycles. The Kier molecular flexibility index (Phi) is 3.58. The first-order chi connectivity index (χ1) is 12.5. The minimum atomic E-state index is -1.05. The van der Waals surface area contributed by atoms with E-state index < -0.39 is 5.97 Å². The van der Waals surface area contributed by atoms with E-state index >= 15 is 0 Å². The van der Waals surface area contributed by atoms with Gasteiger partial charge in [-0.05, 0) is 30.3 Å². The maximum atomic E-state index is 11.4. The Hall–Kier alpha value is -3.81. The molecule has 0 aliphatic rings. The third-order valence-corrected chi connectivity index (χ3v) is 4.04. The number of carbonyl (C=O) groups excluding carboxylic acids is 1. The van der Waals surface area contributed by atoms with Gasteiger partial charge in [-0.15, -0.1) is 0 Å². The van der Waals surface area contributed by atoms with E-state index in [1.165, 1.54) is 6.92 Å². The minimum absolute atomic E-state index is 0.0737. The summed E-state index contributed by atoms with van der Waals surface area (Å²) in [7, 11) is 0. The van der Waals surface area contributed by atoms with E-state index in [1.807, 2.05) is 18.2 Å². The number of carbonyl (C=O) groups is 2. The zero-order chi connectivity index (χ0) is 18.3. The molecule has 0 saturated carbocycles. The Balaban J connectivity index is 1.87. The van der Waals surface area contributed by atoms with E-state index in [9.17, 15) is 14.7 Å². The van der Waals surface area contributed by atoms with Gasteiger partial charge in [0.15, 0.2) is 0 Å². The van der Waals surface area contributed by atoms with Gasteiger partial charge < -0.3 is 20.7 Å². The van der Waals surface area contributed by atoms with Crippen LogP contribution in [-0.2, 0) is 4.79 Å². The van der Waals surface area contributed by atoms with Crippen molar-refractivity contribution in [1.82, 2.24) is 15.2 Å². The Morgan fingerprint density at radius 3 is 2.69 bits per heavy atom. The molecule has 2 aromatic carbocycles. The number of aromatic amines is 2. The smallest absolute Gasteiger partial charge is 0.352 e. The molecule has 5 N–H and O–H groups in total. The highest BCUT2D eigenvalue weighted by Crippen LogP contribution is 2.33. The lowest BCUT2D eigenvalue weighted by Gasteiger charge is -2.11. The van der Waals surface area contributed by atoms with Crippen LogP contribution in [-0.4, -0.2) is 32.2 Å². The highest BCUT2D eigenvalue weighted by atomic mass is 16.4. The third-order valence-electron chi connectivity index (χ3n) is 4.04. The molecule has 0 bridgehead atoms. The molecule has 4 rings (SSSR count). The number of carboxylic acids is 1. The lowest BCUT2D eigenvalue weighted by molar-refractivity contribution is -0.114. The molecule has 0 saturated heterocycles. The van der Waals surface area contributed by atoms with Gasteiger partial charge in [-0.3, -0.25) is 9.89 Å². The maximum Gasteiger partial charge on any atom is 0.352 e. The van der Waals surface area contributed by atoms with Crippen LogP contribution in [0, 0.1) is 0 Å². The number of fused-ring (bicyclic) bond motifs is 2. The van der Waals surface area contributed by atoms with Crippen LogP contribution in [0.1, 0.15) is 17.4 Å². The number of nitrogens with zero attached hydrogens (tertiary/aromatic N) is 1. The fourth-order valence-corrected chi connectivity index (χ4v) is 2.95. The number of carboxylic acid groups (broad SMARTS) is 1. The van der Waals surface area contributed by atoms with Crippen molar-refractivity contribution < 1.29 is 14.7 Å². The van der Waals surface area contributed by atoms with Crippen molar-refractivity contribution in [2.24, 2.45) is 0 Å². The molecule has 2 aromatic heterocycles. The number of nitrogens with one attached hydrogen (secondary N) is 4. The molecule has 0 unspecified atom stereocenters. The second kappa shape index (κ2) is 5.92. The van der Waals surface area contributed by atoms with Crippen LogP contribution < -0.4 is 10.6 Å². The van der Waals surface area contributed by atoms with Gasteiger partial charge in [0, 0.05) is 29.1 Å². The molecular formula is C18H15N5O3. The van der Waals surface area contributed by atoms with Crippen molar-refractivity contribution in [3.8, 4) is 0 Å². The van der Waals surface area contributed by atoms with E-state index in [0.29, 0.717) is 22.3 Å². The van der Waals surface area contributed by atoms with E-state index in [-0.39, 0.29) is 11.6 Å². The van der Waals surface area contributed by atoms with Gasteiger partial charge in [-0.2, -0.15) is 5.10 Å². The van der Waals surface area contributed by atoms with Crippen LogP contribution in [0.25, 0.3) is 21.8 Å². The van der Waals surface area contributed by atoms with Crippen molar-refractivity contribution in [2.45, 2.75) is 6.92 Å². The summed E-state index contributed by atoms with van der Waals surface area (Å²) in [6.45, 7) is 1.42. The summed E-state index contributed by atoms with van der Waals surface area (Å²) < 4.78 is 0. The van der Waals surface area contributed by atoms with Crippen LogP contribution in [0.2, 0.25) is 0 Å². The Bertz CT molecular complexity index is 1160. The van der Waals surface area contributed by atoms with Gasteiger partial charge >= 0.3 is 5.97 Å². The number of hydrogen-bond donors (Lipinski definition) is 5. The summed E-state index contributed by atoms with van der Waals surface area (Å²) in [5, 5.41) is 23.9. The largest absolute Gasteiger partial charge is 0.477 e. The van der Waals surface area contributed by atoms with Gasteiger partial charge in [-0.1, -0.05) is 6.07 Å². The Morgan fingerprint density at radius 2 is 1.92 bits per heavy atom. The number of amides is 1.